The Morgan fingerprint density at radius 2 is 1.65 bits per heavy atom. The average molecular weight is 374 g/mol. The lowest BCUT2D eigenvalue weighted by atomic mass is 9.41. The Morgan fingerprint density at radius 3 is 2.15 bits per heavy atom. The third kappa shape index (κ3) is 2.39. The number of hydrogen-bond donors (Lipinski definition) is 1. The zero-order valence-electron chi connectivity index (χ0n) is 15.4. The molecule has 1 N–H and O–H groups in total. The smallest absolute Gasteiger partial charge is 0.223 e. The van der Waals surface area contributed by atoms with Gasteiger partial charge in [0.2, 0.25) is 5.91 Å². The van der Waals surface area contributed by atoms with Crippen molar-refractivity contribution in [2.45, 2.75) is 50.5 Å². The van der Waals surface area contributed by atoms with Crippen LogP contribution in [0.15, 0.2) is 24.3 Å². The molecule has 0 unspecified atom stereocenters. The Hall–Kier alpha value is -1.06. The Labute approximate surface area is 160 Å². The van der Waals surface area contributed by atoms with Crippen LogP contribution in [0, 0.1) is 29.6 Å². The molecule has 5 aliphatic rings. The van der Waals surface area contributed by atoms with Crippen molar-refractivity contribution in [1.29, 1.82) is 0 Å². The highest BCUT2D eigenvalue weighted by Gasteiger charge is 2.60. The van der Waals surface area contributed by atoms with E-state index in [1.165, 1.54) is 31.2 Å². The molecule has 1 aromatic rings. The Morgan fingerprint density at radius 1 is 1.12 bits per heavy atom. The van der Waals surface area contributed by atoms with Crippen LogP contribution in [0.25, 0.3) is 0 Å². The predicted octanol–water partition coefficient (Wildman–Crippen LogP) is 3.87. The first kappa shape index (κ1) is 17.1. The van der Waals surface area contributed by atoms with Gasteiger partial charge in [0.1, 0.15) is 0 Å². The van der Waals surface area contributed by atoms with Crippen molar-refractivity contribution in [2.24, 2.45) is 29.6 Å². The van der Waals surface area contributed by atoms with E-state index in [1.54, 1.807) is 0 Å². The molecule has 5 fully saturated rings. The van der Waals surface area contributed by atoms with Crippen molar-refractivity contribution >= 4 is 17.5 Å². The molecule has 3 nitrogen and oxygen atoms in total. The van der Waals surface area contributed by atoms with Crippen LogP contribution in [0.2, 0.25) is 5.02 Å². The van der Waals surface area contributed by atoms with Gasteiger partial charge in [-0.25, -0.2) is 0 Å². The number of halogens is 1. The van der Waals surface area contributed by atoms with Crippen molar-refractivity contribution in [3.63, 3.8) is 0 Å². The number of hydrogen-bond acceptors (Lipinski definition) is 2. The van der Waals surface area contributed by atoms with Gasteiger partial charge in [0.15, 0.2) is 0 Å². The molecule has 1 aliphatic heterocycles. The summed E-state index contributed by atoms with van der Waals surface area (Å²) in [5.41, 5.74) is 1.28. The van der Waals surface area contributed by atoms with Crippen LogP contribution in [-0.4, -0.2) is 35.1 Å². The lowest BCUT2D eigenvalue weighted by Crippen LogP contribution is -2.61. The summed E-state index contributed by atoms with van der Waals surface area (Å²) in [7, 11) is 0. The van der Waals surface area contributed by atoms with E-state index in [-0.39, 0.29) is 17.4 Å². The van der Waals surface area contributed by atoms with Crippen LogP contribution in [0.4, 0.5) is 0 Å². The molecule has 0 spiro atoms. The summed E-state index contributed by atoms with van der Waals surface area (Å²) in [6, 6.07) is 8.33. The minimum Gasteiger partial charge on any atom is -0.389 e. The van der Waals surface area contributed by atoms with E-state index in [1.807, 2.05) is 17.0 Å². The van der Waals surface area contributed by atoms with Gasteiger partial charge in [-0.05, 0) is 73.0 Å². The van der Waals surface area contributed by atoms with Gasteiger partial charge < -0.3 is 10.0 Å². The van der Waals surface area contributed by atoms with Gasteiger partial charge in [-0.15, -0.1) is 0 Å². The maximum atomic E-state index is 13.1. The topological polar surface area (TPSA) is 40.5 Å². The zero-order chi connectivity index (χ0) is 18.1. The molecular formula is C22H28ClNO2. The molecule has 1 aromatic carbocycles. The van der Waals surface area contributed by atoms with Crippen molar-refractivity contribution in [3.05, 3.63) is 34.9 Å². The highest BCUT2D eigenvalue weighted by Crippen LogP contribution is 2.65. The molecule has 140 valence electrons. The van der Waals surface area contributed by atoms with E-state index in [9.17, 15) is 9.90 Å². The molecule has 26 heavy (non-hydrogen) atoms. The third-order valence-electron chi connectivity index (χ3n) is 8.33. The predicted molar refractivity (Wildman–Crippen MR) is 102 cm³/mol. The van der Waals surface area contributed by atoms with Gasteiger partial charge in [0.05, 0.1) is 6.10 Å². The molecule has 1 heterocycles. The summed E-state index contributed by atoms with van der Waals surface area (Å²) < 4.78 is 0. The third-order valence-corrected chi connectivity index (χ3v) is 8.59. The summed E-state index contributed by atoms with van der Waals surface area (Å²) in [5.74, 6) is 3.99. The molecule has 6 rings (SSSR count). The van der Waals surface area contributed by atoms with Gasteiger partial charge in [-0.1, -0.05) is 30.7 Å². The summed E-state index contributed by atoms with van der Waals surface area (Å²) in [6.45, 7) is 3.46. The maximum Gasteiger partial charge on any atom is 0.223 e. The van der Waals surface area contributed by atoms with Gasteiger partial charge in [-0.2, -0.15) is 0 Å². The van der Waals surface area contributed by atoms with Crippen LogP contribution in [0.1, 0.15) is 44.6 Å². The fourth-order valence-electron chi connectivity index (χ4n) is 6.91. The minimum absolute atomic E-state index is 0.0324. The molecule has 0 atom stereocenters. The monoisotopic (exact) mass is 373 g/mol. The normalized spacial score (nSPS) is 41.3. The van der Waals surface area contributed by atoms with Crippen LogP contribution in [-0.2, 0) is 10.2 Å². The Kier molecular flexibility index (Phi) is 3.92. The highest BCUT2D eigenvalue weighted by molar-refractivity contribution is 6.30. The van der Waals surface area contributed by atoms with E-state index < -0.39 is 0 Å². The largest absolute Gasteiger partial charge is 0.389 e. The van der Waals surface area contributed by atoms with Crippen molar-refractivity contribution in [2.75, 3.05) is 13.1 Å². The van der Waals surface area contributed by atoms with E-state index >= 15 is 0 Å². The summed E-state index contributed by atoms with van der Waals surface area (Å²) >= 11 is 6.17. The quantitative estimate of drug-likeness (QED) is 0.873. The second-order valence-corrected chi connectivity index (χ2v) is 9.83. The van der Waals surface area contributed by atoms with Crippen molar-refractivity contribution in [1.82, 2.24) is 4.90 Å². The second kappa shape index (κ2) is 5.97. The number of benzene rings is 1. The van der Waals surface area contributed by atoms with E-state index in [2.05, 4.69) is 19.1 Å². The Bertz CT molecular complexity index is 679. The number of rotatable bonds is 3. The lowest BCUT2D eigenvalue weighted by Gasteiger charge is -2.64. The van der Waals surface area contributed by atoms with E-state index in [0.717, 1.165) is 22.8 Å². The minimum atomic E-state index is -0.329. The van der Waals surface area contributed by atoms with Gasteiger partial charge in [0, 0.05) is 29.9 Å². The zero-order valence-corrected chi connectivity index (χ0v) is 16.2. The summed E-state index contributed by atoms with van der Waals surface area (Å²) in [5, 5.41) is 10.4. The number of aliphatic hydroxyl groups is 1. The van der Waals surface area contributed by atoms with Crippen LogP contribution < -0.4 is 0 Å². The molecule has 4 saturated carbocycles. The number of β-amino-alcohol motifs (C(OH)–C–C–N with tert-alkyl or cyclic N) is 1. The number of nitrogens with zero attached hydrogens (tertiary/aromatic N) is 1. The SMILES string of the molecule is CC1C2CC3CC1CC(C2)C3(CC(=O)N1CC(O)C1)c1ccc(Cl)cc1. The van der Waals surface area contributed by atoms with Gasteiger partial charge >= 0.3 is 0 Å². The molecule has 0 radical (unpaired) electrons. The molecule has 4 aliphatic carbocycles. The fraction of sp³-hybridized carbons (Fsp3) is 0.682. The average Bonchev–Trinajstić information content (AvgIpc) is 2.57. The van der Waals surface area contributed by atoms with Gasteiger partial charge in [-0.3, -0.25) is 4.79 Å². The van der Waals surface area contributed by atoms with Crippen molar-refractivity contribution in [3.8, 4) is 0 Å². The molecule has 1 amide bonds. The second-order valence-electron chi connectivity index (χ2n) is 9.39. The number of amides is 1. The number of likely N-dealkylation sites (tertiary alicyclic amines) is 1. The molecule has 0 aromatic heterocycles. The molecular weight excluding hydrogens is 346 g/mol. The highest BCUT2D eigenvalue weighted by atomic mass is 35.5. The summed E-state index contributed by atoms with van der Waals surface area (Å²) in [4.78, 5) is 14.9. The number of aliphatic hydroxyl groups excluding tert-OH is 1. The van der Waals surface area contributed by atoms with E-state index in [4.69, 9.17) is 11.6 Å². The van der Waals surface area contributed by atoms with Crippen LogP contribution in [0.3, 0.4) is 0 Å². The first-order chi connectivity index (χ1) is 12.5. The number of carbonyl (C=O) groups excluding carboxylic acids is 1. The van der Waals surface area contributed by atoms with E-state index in [0.29, 0.717) is 31.3 Å². The standard InChI is InChI=1S/C22H28ClNO2/c1-13-14-6-17-8-15(13)9-18(7-14)22(17,16-2-4-19(23)5-3-16)10-21(26)24-11-20(25)12-24/h2-5,13-15,17-18,20,25H,6-12H2,1H3. The molecule has 1 saturated heterocycles. The van der Waals surface area contributed by atoms with Crippen LogP contribution in [0.5, 0.6) is 0 Å². The lowest BCUT2D eigenvalue weighted by molar-refractivity contribution is -0.151. The molecule has 4 bridgehead atoms. The fourth-order valence-corrected chi connectivity index (χ4v) is 7.03. The van der Waals surface area contributed by atoms with Crippen LogP contribution >= 0.6 is 11.6 Å². The summed E-state index contributed by atoms with van der Waals surface area (Å²) in [6.07, 6.45) is 5.35. The first-order valence-corrected chi connectivity index (χ1v) is 10.6. The first-order valence-electron chi connectivity index (χ1n) is 10.2. The maximum absolute atomic E-state index is 13.1. The van der Waals surface area contributed by atoms with Crippen molar-refractivity contribution < 1.29 is 9.90 Å². The van der Waals surface area contributed by atoms with Gasteiger partial charge in [0.25, 0.3) is 0 Å². The number of carbonyl (C=O) groups is 1. The Balaban J connectivity index is 1.52. The molecule has 4 heteroatoms.